The van der Waals surface area contributed by atoms with Gasteiger partial charge >= 0.3 is 0 Å². The highest BCUT2D eigenvalue weighted by atomic mass is 35.5. The number of benzene rings is 2. The molecule has 0 saturated heterocycles. The smallest absolute Gasteiger partial charge is 0.294 e. The van der Waals surface area contributed by atoms with Crippen molar-refractivity contribution in [1.82, 2.24) is 0 Å². The van der Waals surface area contributed by atoms with E-state index < -0.39 is 17.7 Å². The van der Waals surface area contributed by atoms with Gasteiger partial charge in [0.05, 0.1) is 18.2 Å². The predicted molar refractivity (Wildman–Crippen MR) is 113 cm³/mol. The molecule has 6 heteroatoms. The molecule has 5 nitrogen and oxygen atoms in total. The van der Waals surface area contributed by atoms with E-state index in [-0.39, 0.29) is 23.7 Å². The molecule has 29 heavy (non-hydrogen) atoms. The maximum Gasteiger partial charge on any atom is 0.294 e. The van der Waals surface area contributed by atoms with E-state index >= 15 is 0 Å². The Kier molecular flexibility index (Phi) is 6.28. The highest BCUT2D eigenvalue weighted by molar-refractivity contribution is 6.30. The van der Waals surface area contributed by atoms with Crippen molar-refractivity contribution >= 4 is 29.0 Å². The number of aliphatic hydroxyl groups excluding tert-OH is 1. The molecule has 152 valence electrons. The normalized spacial score (nSPS) is 16.7. The number of carbonyl (C=O) groups excluding carboxylic acids is 2. The first-order valence-electron chi connectivity index (χ1n) is 9.61. The van der Waals surface area contributed by atoms with Gasteiger partial charge in [-0.1, -0.05) is 37.6 Å². The van der Waals surface area contributed by atoms with E-state index in [2.05, 4.69) is 0 Å². The average Bonchev–Trinajstić information content (AvgIpc) is 2.94. The number of ketones is 1. The van der Waals surface area contributed by atoms with Crippen LogP contribution in [0.1, 0.15) is 38.8 Å². The molecule has 2 aromatic rings. The molecule has 3 rings (SSSR count). The maximum absolute atomic E-state index is 13.0. The second kappa shape index (κ2) is 8.70. The van der Waals surface area contributed by atoms with Crippen LogP contribution in [-0.4, -0.2) is 23.4 Å². The summed E-state index contributed by atoms with van der Waals surface area (Å²) in [5.74, 6) is -0.619. The van der Waals surface area contributed by atoms with Crippen molar-refractivity contribution < 1.29 is 19.4 Å². The fourth-order valence-corrected chi connectivity index (χ4v) is 3.62. The Balaban J connectivity index is 2.14. The molecule has 0 aliphatic carbocycles. The fourth-order valence-electron chi connectivity index (χ4n) is 3.50. The average molecular weight is 414 g/mol. The molecule has 1 aliphatic rings. The third-order valence-corrected chi connectivity index (χ3v) is 4.94. The summed E-state index contributed by atoms with van der Waals surface area (Å²) in [4.78, 5) is 27.4. The highest BCUT2D eigenvalue weighted by Crippen LogP contribution is 2.42. The van der Waals surface area contributed by atoms with Gasteiger partial charge in [-0.25, -0.2) is 0 Å². The first-order chi connectivity index (χ1) is 13.8. The molecule has 1 atom stereocenters. The van der Waals surface area contributed by atoms with E-state index in [1.54, 1.807) is 30.3 Å². The summed E-state index contributed by atoms with van der Waals surface area (Å²) in [6.45, 7) is 6.23. The number of hydrogen-bond acceptors (Lipinski definition) is 4. The molecule has 0 spiro atoms. The maximum atomic E-state index is 13.0. The molecule has 0 fully saturated rings. The zero-order valence-electron chi connectivity index (χ0n) is 16.7. The van der Waals surface area contributed by atoms with Crippen molar-refractivity contribution in [3.05, 3.63) is 70.4 Å². The van der Waals surface area contributed by atoms with Gasteiger partial charge in [0.2, 0.25) is 0 Å². The van der Waals surface area contributed by atoms with Crippen LogP contribution in [0.2, 0.25) is 5.02 Å². The number of carbonyl (C=O) groups is 2. The summed E-state index contributed by atoms with van der Waals surface area (Å²) in [6, 6.07) is 13.2. The van der Waals surface area contributed by atoms with E-state index in [4.69, 9.17) is 16.3 Å². The number of nitrogens with zero attached hydrogens (tertiary/aromatic N) is 1. The highest BCUT2D eigenvalue weighted by Gasteiger charge is 2.44. The number of Topliss-reactive ketones (excluding diaryl/α,β-unsaturated/α-hetero) is 1. The second-order valence-corrected chi connectivity index (χ2v) is 7.78. The van der Waals surface area contributed by atoms with Crippen LogP contribution in [0.25, 0.3) is 0 Å². The second-order valence-electron chi connectivity index (χ2n) is 7.34. The number of amides is 1. The minimum absolute atomic E-state index is 0.0953. The predicted octanol–water partition coefficient (Wildman–Crippen LogP) is 5.25. The molecule has 1 N–H and O–H groups in total. The molecule has 1 unspecified atom stereocenters. The Labute approximate surface area is 175 Å². The van der Waals surface area contributed by atoms with Crippen molar-refractivity contribution in [2.45, 2.75) is 33.2 Å². The van der Waals surface area contributed by atoms with Gasteiger partial charge in [-0.15, -0.1) is 0 Å². The van der Waals surface area contributed by atoms with Gasteiger partial charge in [-0.3, -0.25) is 14.5 Å². The minimum Gasteiger partial charge on any atom is -0.503 e. The van der Waals surface area contributed by atoms with Crippen LogP contribution >= 0.6 is 11.6 Å². The molecule has 0 radical (unpaired) electrons. The SMILES string of the molecule is CCOc1cccc(C2C(C(=O)CC(C)C)=C(O)C(=O)N2c2ccc(Cl)cc2)c1. The summed E-state index contributed by atoms with van der Waals surface area (Å²) in [5.41, 5.74) is 1.35. The number of rotatable bonds is 7. The number of aliphatic hydroxyl groups is 1. The molecule has 0 saturated carbocycles. The number of ether oxygens (including phenoxy) is 1. The molecule has 1 amide bonds. The summed E-state index contributed by atoms with van der Waals surface area (Å²) in [6.07, 6.45) is 0.239. The monoisotopic (exact) mass is 413 g/mol. The van der Waals surface area contributed by atoms with E-state index in [0.29, 0.717) is 28.6 Å². The van der Waals surface area contributed by atoms with Crippen LogP contribution < -0.4 is 9.64 Å². The molecule has 1 aliphatic heterocycles. The van der Waals surface area contributed by atoms with Crippen LogP contribution in [0, 0.1) is 5.92 Å². The van der Waals surface area contributed by atoms with Crippen LogP contribution in [0.15, 0.2) is 59.9 Å². The van der Waals surface area contributed by atoms with E-state index in [1.807, 2.05) is 39.0 Å². The Morgan fingerprint density at radius 3 is 2.52 bits per heavy atom. The van der Waals surface area contributed by atoms with Crippen LogP contribution in [0.4, 0.5) is 5.69 Å². The van der Waals surface area contributed by atoms with E-state index in [9.17, 15) is 14.7 Å². The lowest BCUT2D eigenvalue weighted by Crippen LogP contribution is -2.31. The van der Waals surface area contributed by atoms with Crippen molar-refractivity contribution in [3.63, 3.8) is 0 Å². The van der Waals surface area contributed by atoms with Crippen LogP contribution in [0.5, 0.6) is 5.75 Å². The largest absolute Gasteiger partial charge is 0.503 e. The van der Waals surface area contributed by atoms with Gasteiger partial charge in [-0.2, -0.15) is 0 Å². The number of anilines is 1. The van der Waals surface area contributed by atoms with Gasteiger partial charge in [0.25, 0.3) is 5.91 Å². The third-order valence-electron chi connectivity index (χ3n) is 4.69. The van der Waals surface area contributed by atoms with Gasteiger partial charge < -0.3 is 9.84 Å². The standard InChI is InChI=1S/C23H24ClNO4/c1-4-29-18-7-5-6-15(13-18)21-20(19(26)12-14(2)3)22(27)23(28)25(21)17-10-8-16(24)9-11-17/h5-11,13-14,21,27H,4,12H2,1-3H3. The van der Waals surface area contributed by atoms with E-state index in [0.717, 1.165) is 0 Å². The van der Waals surface area contributed by atoms with Crippen molar-refractivity contribution in [1.29, 1.82) is 0 Å². The molecule has 0 bridgehead atoms. The Morgan fingerprint density at radius 2 is 1.90 bits per heavy atom. The van der Waals surface area contributed by atoms with Crippen molar-refractivity contribution in [2.24, 2.45) is 5.92 Å². The molecular weight excluding hydrogens is 390 g/mol. The first-order valence-corrected chi connectivity index (χ1v) is 9.99. The number of halogens is 1. The Morgan fingerprint density at radius 1 is 1.21 bits per heavy atom. The quantitative estimate of drug-likeness (QED) is 0.672. The van der Waals surface area contributed by atoms with Crippen molar-refractivity contribution in [2.75, 3.05) is 11.5 Å². The van der Waals surface area contributed by atoms with E-state index in [1.165, 1.54) is 4.90 Å². The van der Waals surface area contributed by atoms with Crippen LogP contribution in [0.3, 0.4) is 0 Å². The molecule has 1 heterocycles. The van der Waals surface area contributed by atoms with Gasteiger partial charge in [0.15, 0.2) is 11.5 Å². The summed E-state index contributed by atoms with van der Waals surface area (Å²) in [5, 5.41) is 11.2. The fraction of sp³-hybridized carbons (Fsp3) is 0.304. The Hall–Kier alpha value is -2.79. The van der Waals surface area contributed by atoms with Crippen LogP contribution in [-0.2, 0) is 9.59 Å². The lowest BCUT2D eigenvalue weighted by molar-refractivity contribution is -0.118. The molecule has 2 aromatic carbocycles. The first kappa shape index (κ1) is 20.9. The lowest BCUT2D eigenvalue weighted by Gasteiger charge is -2.27. The zero-order valence-corrected chi connectivity index (χ0v) is 17.4. The van der Waals surface area contributed by atoms with Crippen molar-refractivity contribution in [3.8, 4) is 5.75 Å². The van der Waals surface area contributed by atoms with Gasteiger partial charge in [-0.05, 0) is 54.8 Å². The summed E-state index contributed by atoms with van der Waals surface area (Å²) in [7, 11) is 0. The third kappa shape index (κ3) is 4.30. The lowest BCUT2D eigenvalue weighted by atomic mass is 9.92. The van der Waals surface area contributed by atoms with Gasteiger partial charge in [0, 0.05) is 17.1 Å². The summed E-state index contributed by atoms with van der Waals surface area (Å²) >= 11 is 5.99. The minimum atomic E-state index is -0.740. The zero-order chi connectivity index (χ0) is 21.1. The molecule has 0 aromatic heterocycles. The Bertz CT molecular complexity index is 950. The summed E-state index contributed by atoms with van der Waals surface area (Å²) < 4.78 is 5.59. The molecular formula is C23H24ClNO4. The topological polar surface area (TPSA) is 66.8 Å². The number of hydrogen-bond donors (Lipinski definition) is 1. The van der Waals surface area contributed by atoms with Gasteiger partial charge in [0.1, 0.15) is 5.75 Å².